The first-order chi connectivity index (χ1) is 16.2. The van der Waals surface area contributed by atoms with Crippen molar-refractivity contribution in [1.82, 2.24) is 15.2 Å². The lowest BCUT2D eigenvalue weighted by Crippen LogP contribution is -2.46. The Bertz CT molecular complexity index is 1040. The molecule has 1 N–H and O–H groups in total. The van der Waals surface area contributed by atoms with E-state index in [1.54, 1.807) is 18.4 Å². The number of hydrogen-bond acceptors (Lipinski definition) is 6. The van der Waals surface area contributed by atoms with Gasteiger partial charge in [-0.05, 0) is 36.2 Å². The highest BCUT2D eigenvalue weighted by atomic mass is 32.1. The lowest BCUT2D eigenvalue weighted by molar-refractivity contribution is 0.0736. The summed E-state index contributed by atoms with van der Waals surface area (Å²) in [4.78, 5) is 21.9. The van der Waals surface area contributed by atoms with Crippen LogP contribution in [0, 0.1) is 0 Å². The lowest BCUT2D eigenvalue weighted by Gasteiger charge is -2.27. The number of hydrogen-bond donors (Lipinski definition) is 1. The number of piperazine rings is 1. The molecule has 3 aromatic rings. The van der Waals surface area contributed by atoms with Gasteiger partial charge in [-0.3, -0.25) is 4.79 Å². The second-order valence-corrected chi connectivity index (χ2v) is 9.10. The van der Waals surface area contributed by atoms with Gasteiger partial charge in [0, 0.05) is 55.8 Å². The molecule has 0 bridgehead atoms. The van der Waals surface area contributed by atoms with Crippen molar-refractivity contribution in [2.45, 2.75) is 26.3 Å². The normalized spacial score (nSPS) is 13.7. The molecule has 1 fully saturated rings. The molecule has 174 valence electrons. The molecule has 33 heavy (non-hydrogen) atoms. The largest absolute Gasteiger partial charge is 0.497 e. The Labute approximate surface area is 200 Å². The molecule has 6 nitrogen and oxygen atoms in total. The van der Waals surface area contributed by atoms with Crippen LogP contribution in [-0.2, 0) is 6.54 Å². The number of ether oxygens (including phenoxy) is 1. The minimum atomic E-state index is 0.119. The van der Waals surface area contributed by atoms with E-state index in [4.69, 9.17) is 9.72 Å². The van der Waals surface area contributed by atoms with Gasteiger partial charge >= 0.3 is 0 Å². The maximum absolute atomic E-state index is 12.7. The van der Waals surface area contributed by atoms with Gasteiger partial charge in [0.2, 0.25) is 0 Å². The predicted octanol–water partition coefficient (Wildman–Crippen LogP) is 4.67. The molecule has 0 atom stereocenters. The third kappa shape index (κ3) is 5.92. The average Bonchev–Trinajstić information content (AvgIpc) is 3.37. The number of thiazole rings is 1. The van der Waals surface area contributed by atoms with Crippen LogP contribution < -0.4 is 15.0 Å². The molecular formula is C26H32N4O2S. The third-order valence-corrected chi connectivity index (χ3v) is 6.79. The van der Waals surface area contributed by atoms with Crippen LogP contribution in [0.3, 0.4) is 0 Å². The van der Waals surface area contributed by atoms with Gasteiger partial charge in [0.15, 0.2) is 5.13 Å². The highest BCUT2D eigenvalue weighted by Gasteiger charge is 2.18. The number of amides is 1. The van der Waals surface area contributed by atoms with Gasteiger partial charge in [0.05, 0.1) is 12.8 Å². The van der Waals surface area contributed by atoms with Gasteiger partial charge in [0.1, 0.15) is 5.75 Å². The van der Waals surface area contributed by atoms with Gasteiger partial charge in [-0.15, -0.1) is 11.3 Å². The molecule has 1 aromatic heterocycles. The van der Waals surface area contributed by atoms with E-state index in [0.717, 1.165) is 79.8 Å². The van der Waals surface area contributed by atoms with Gasteiger partial charge < -0.3 is 19.9 Å². The topological polar surface area (TPSA) is 57.7 Å². The number of carbonyl (C=O) groups is 1. The maximum Gasteiger partial charge on any atom is 0.253 e. The first-order valence-electron chi connectivity index (χ1n) is 11.6. The summed E-state index contributed by atoms with van der Waals surface area (Å²) in [5, 5.41) is 6.42. The van der Waals surface area contributed by atoms with Crippen LogP contribution in [0.4, 0.5) is 5.13 Å². The van der Waals surface area contributed by atoms with Crippen molar-refractivity contribution in [2.75, 3.05) is 44.7 Å². The first-order valence-corrected chi connectivity index (χ1v) is 12.5. The molecule has 7 heteroatoms. The monoisotopic (exact) mass is 464 g/mol. The number of aromatic nitrogens is 1. The second-order valence-electron chi connectivity index (χ2n) is 8.26. The summed E-state index contributed by atoms with van der Waals surface area (Å²) in [7, 11) is 1.68. The van der Waals surface area contributed by atoms with E-state index in [-0.39, 0.29) is 5.91 Å². The Morgan fingerprint density at radius 2 is 1.97 bits per heavy atom. The van der Waals surface area contributed by atoms with Crippen molar-refractivity contribution in [3.05, 3.63) is 65.0 Å². The summed E-state index contributed by atoms with van der Waals surface area (Å²) < 4.78 is 5.36. The molecule has 1 aliphatic heterocycles. The second kappa shape index (κ2) is 11.3. The Kier molecular flexibility index (Phi) is 7.96. The molecule has 0 spiro atoms. The zero-order valence-electron chi connectivity index (χ0n) is 19.4. The van der Waals surface area contributed by atoms with E-state index in [1.165, 1.54) is 5.56 Å². The van der Waals surface area contributed by atoms with E-state index in [0.29, 0.717) is 0 Å². The smallest absolute Gasteiger partial charge is 0.253 e. The maximum atomic E-state index is 12.7. The predicted molar refractivity (Wildman–Crippen MR) is 135 cm³/mol. The number of rotatable bonds is 9. The Balaban J connectivity index is 1.48. The summed E-state index contributed by atoms with van der Waals surface area (Å²) in [6.45, 7) is 7.19. The number of methoxy groups -OCH3 is 1. The number of anilines is 1. The summed E-state index contributed by atoms with van der Waals surface area (Å²) in [5.74, 6) is 0.953. The van der Waals surface area contributed by atoms with Crippen molar-refractivity contribution >= 4 is 22.4 Å². The van der Waals surface area contributed by atoms with E-state index in [9.17, 15) is 4.79 Å². The molecule has 4 rings (SSSR count). The zero-order valence-corrected chi connectivity index (χ0v) is 20.2. The molecule has 0 radical (unpaired) electrons. The fraction of sp³-hybridized carbons (Fsp3) is 0.385. The molecule has 0 aliphatic carbocycles. The standard InChI is InChI=1S/C26H32N4O2S/c1-3-4-14-30(26-28-24(19-33-26)22-6-5-7-23(17-22)32-2)18-20-8-10-21(11-9-20)25(31)29-15-12-27-13-16-29/h5-11,17,19,27H,3-4,12-16,18H2,1-2H3. The molecule has 0 unspecified atom stereocenters. The molecular weight excluding hydrogens is 432 g/mol. The van der Waals surface area contributed by atoms with Gasteiger partial charge in [-0.25, -0.2) is 4.98 Å². The van der Waals surface area contributed by atoms with Crippen LogP contribution in [0.5, 0.6) is 5.75 Å². The summed E-state index contributed by atoms with van der Waals surface area (Å²) in [6.07, 6.45) is 2.23. The van der Waals surface area contributed by atoms with Crippen molar-refractivity contribution in [2.24, 2.45) is 0 Å². The van der Waals surface area contributed by atoms with E-state index >= 15 is 0 Å². The quantitative estimate of drug-likeness (QED) is 0.499. The summed E-state index contributed by atoms with van der Waals surface area (Å²) >= 11 is 1.67. The SMILES string of the molecule is CCCCN(Cc1ccc(C(=O)N2CCNCC2)cc1)c1nc(-c2cccc(OC)c2)cs1. The minimum absolute atomic E-state index is 0.119. The molecule has 1 saturated heterocycles. The minimum Gasteiger partial charge on any atom is -0.497 e. The van der Waals surface area contributed by atoms with E-state index < -0.39 is 0 Å². The highest BCUT2D eigenvalue weighted by molar-refractivity contribution is 7.14. The Morgan fingerprint density at radius 3 is 2.70 bits per heavy atom. The van der Waals surface area contributed by atoms with Crippen LogP contribution in [0.25, 0.3) is 11.3 Å². The van der Waals surface area contributed by atoms with Crippen LogP contribution in [0.2, 0.25) is 0 Å². The Morgan fingerprint density at radius 1 is 1.18 bits per heavy atom. The van der Waals surface area contributed by atoms with E-state index in [1.807, 2.05) is 35.2 Å². The van der Waals surface area contributed by atoms with Gasteiger partial charge in [0.25, 0.3) is 5.91 Å². The summed E-state index contributed by atoms with van der Waals surface area (Å²) in [6, 6.07) is 16.1. The van der Waals surface area contributed by atoms with Crippen LogP contribution >= 0.6 is 11.3 Å². The lowest BCUT2D eigenvalue weighted by atomic mass is 10.1. The molecule has 2 heterocycles. The first kappa shape index (κ1) is 23.3. The van der Waals surface area contributed by atoms with E-state index in [2.05, 4.69) is 40.7 Å². The molecule has 1 aliphatic rings. The average molecular weight is 465 g/mol. The number of unbranched alkanes of at least 4 members (excludes halogenated alkanes) is 1. The third-order valence-electron chi connectivity index (χ3n) is 5.89. The highest BCUT2D eigenvalue weighted by Crippen LogP contribution is 2.30. The van der Waals surface area contributed by atoms with Crippen molar-refractivity contribution in [3.63, 3.8) is 0 Å². The van der Waals surface area contributed by atoms with Gasteiger partial charge in [-0.2, -0.15) is 0 Å². The number of benzene rings is 2. The molecule has 2 aromatic carbocycles. The molecule has 0 saturated carbocycles. The van der Waals surface area contributed by atoms with Crippen molar-refractivity contribution < 1.29 is 9.53 Å². The fourth-order valence-corrected chi connectivity index (χ4v) is 4.80. The van der Waals surface area contributed by atoms with Gasteiger partial charge in [-0.1, -0.05) is 37.6 Å². The summed E-state index contributed by atoms with van der Waals surface area (Å²) in [5.41, 5.74) is 3.96. The van der Waals surface area contributed by atoms with Crippen LogP contribution in [0.1, 0.15) is 35.7 Å². The fourth-order valence-electron chi connectivity index (χ4n) is 3.94. The van der Waals surface area contributed by atoms with Crippen molar-refractivity contribution in [1.29, 1.82) is 0 Å². The Hall–Kier alpha value is -2.90. The zero-order chi connectivity index (χ0) is 23.0. The number of carbonyl (C=O) groups excluding carboxylic acids is 1. The number of nitrogens with zero attached hydrogens (tertiary/aromatic N) is 3. The molecule has 1 amide bonds. The van der Waals surface area contributed by atoms with Crippen LogP contribution in [0.15, 0.2) is 53.9 Å². The van der Waals surface area contributed by atoms with Crippen LogP contribution in [-0.4, -0.2) is 55.6 Å². The number of nitrogens with one attached hydrogen (secondary N) is 1. The van der Waals surface area contributed by atoms with Crippen molar-refractivity contribution in [3.8, 4) is 17.0 Å².